The summed E-state index contributed by atoms with van der Waals surface area (Å²) in [6, 6.07) is 0.921. The molecule has 0 saturated heterocycles. The molecule has 2 saturated carbocycles. The summed E-state index contributed by atoms with van der Waals surface area (Å²) >= 11 is 0. The molecule has 11 heteroatoms. The van der Waals surface area contributed by atoms with Gasteiger partial charge in [-0.25, -0.2) is 0 Å². The number of carbonyl (C=O) groups excluding carboxylic acids is 3. The van der Waals surface area contributed by atoms with Crippen molar-refractivity contribution < 1.29 is 34.8 Å². The number of likely N-dealkylation sites (N-methyl/N-ethyl adjacent to an activating group) is 2. The molecule has 39 heavy (non-hydrogen) atoms. The van der Waals surface area contributed by atoms with Crippen LogP contribution >= 0.6 is 0 Å². The van der Waals surface area contributed by atoms with Crippen LogP contribution in [0.15, 0.2) is 24.3 Å². The van der Waals surface area contributed by atoms with Gasteiger partial charge in [-0.2, -0.15) is 0 Å². The normalized spacial score (nSPS) is 30.2. The lowest BCUT2D eigenvalue weighted by molar-refractivity contribution is -0.184. The van der Waals surface area contributed by atoms with Crippen molar-refractivity contribution in [1.82, 2.24) is 9.80 Å². The molecule has 3 aliphatic carbocycles. The van der Waals surface area contributed by atoms with Gasteiger partial charge in [0.1, 0.15) is 17.4 Å². The summed E-state index contributed by atoms with van der Waals surface area (Å²) in [6.45, 7) is 4.62. The number of aromatic hydroxyl groups is 1. The summed E-state index contributed by atoms with van der Waals surface area (Å²) < 4.78 is 0. The maximum Gasteiger partial charge on any atom is 0.230 e. The fraction of sp³-hybridized carbons (Fsp3) is 0.536. The lowest BCUT2D eigenvalue weighted by Crippen LogP contribution is -2.73. The van der Waals surface area contributed by atoms with Crippen molar-refractivity contribution in [3.63, 3.8) is 0 Å². The van der Waals surface area contributed by atoms with Gasteiger partial charge in [-0.3, -0.25) is 19.3 Å². The maximum atomic E-state index is 14.0. The zero-order chi connectivity index (χ0) is 29.1. The van der Waals surface area contributed by atoms with Crippen LogP contribution in [0.2, 0.25) is 0 Å². The van der Waals surface area contributed by atoms with E-state index < -0.39 is 58.7 Å². The van der Waals surface area contributed by atoms with Crippen LogP contribution in [0.4, 0.5) is 5.69 Å². The van der Waals surface area contributed by atoms with Crippen molar-refractivity contribution in [2.24, 2.45) is 23.5 Å². The molecule has 0 radical (unpaired) electrons. The first-order valence-electron chi connectivity index (χ1n) is 12.9. The Labute approximate surface area is 227 Å². The second kappa shape index (κ2) is 10.1. The molecular formula is C28H38N4O7. The number of primary amides is 1. The zero-order valence-electron chi connectivity index (χ0n) is 23.0. The van der Waals surface area contributed by atoms with E-state index in [1.54, 1.807) is 25.1 Å². The number of hydrogen-bond acceptors (Lipinski definition) is 10. The largest absolute Gasteiger partial charge is 0.507 e. The van der Waals surface area contributed by atoms with E-state index in [0.29, 0.717) is 24.2 Å². The summed E-state index contributed by atoms with van der Waals surface area (Å²) in [4.78, 5) is 45.0. The van der Waals surface area contributed by atoms with Gasteiger partial charge in [-0.1, -0.05) is 6.08 Å². The molecule has 4 rings (SSSR count). The second-order valence-electron chi connectivity index (χ2n) is 11.4. The number of aliphatic hydroxyl groups is 3. The molecule has 0 spiro atoms. The smallest absolute Gasteiger partial charge is 0.230 e. The third-order valence-electron chi connectivity index (χ3n) is 8.51. The van der Waals surface area contributed by atoms with Crippen molar-refractivity contribution in [2.75, 3.05) is 46.7 Å². The maximum absolute atomic E-state index is 14.0. The number of fused-ring (bicyclic) bond motifs is 3. The standard InChI is InChI=1S/C28H38N4O7/c1-7-8-32(6)12-14-11-17(30(2)3)15-9-13-10-16-21(31(4)5)24(35)20(27(29)38)26(37)28(16,39)25(36)18(13)23(34)19(15)22(14)33/h7,11,13,16,20-21,24,33-35,39H,1,8-10,12H2,2-6H3,(H2,29,38)/t13?,16?,20?,21-,24?,28-/m0/s1. The van der Waals surface area contributed by atoms with E-state index in [1.807, 2.05) is 37.0 Å². The molecule has 212 valence electrons. The number of benzene rings is 1. The highest BCUT2D eigenvalue weighted by atomic mass is 16.3. The van der Waals surface area contributed by atoms with E-state index in [0.717, 1.165) is 5.69 Å². The van der Waals surface area contributed by atoms with E-state index >= 15 is 0 Å². The molecule has 11 nitrogen and oxygen atoms in total. The van der Waals surface area contributed by atoms with Crippen LogP contribution in [0.1, 0.15) is 23.1 Å². The monoisotopic (exact) mass is 542 g/mol. The molecule has 0 aliphatic heterocycles. The number of amides is 1. The first-order chi connectivity index (χ1) is 18.2. The van der Waals surface area contributed by atoms with E-state index in [9.17, 15) is 34.8 Å². The predicted octanol–water partition coefficient (Wildman–Crippen LogP) is -0.187. The quantitative estimate of drug-likeness (QED) is 0.230. The van der Waals surface area contributed by atoms with Crippen LogP contribution in [0, 0.1) is 17.8 Å². The second-order valence-corrected chi connectivity index (χ2v) is 11.4. The Balaban J connectivity index is 1.92. The average molecular weight is 543 g/mol. The van der Waals surface area contributed by atoms with Gasteiger partial charge in [0.15, 0.2) is 11.4 Å². The van der Waals surface area contributed by atoms with Crippen molar-refractivity contribution in [2.45, 2.75) is 37.1 Å². The van der Waals surface area contributed by atoms with E-state index in [-0.39, 0.29) is 29.7 Å². The SMILES string of the molecule is C=CCN(C)Cc1cc(N(C)C)c2c(c1O)C(O)=C1C(=O)[C@]3(O)C(=O)C(C(N)=O)C(O)[C@@H](N(C)C)C3CC1C2. The molecule has 0 bridgehead atoms. The Morgan fingerprint density at radius 2 is 1.85 bits per heavy atom. The van der Waals surface area contributed by atoms with Gasteiger partial charge >= 0.3 is 0 Å². The number of phenols is 1. The number of aliphatic hydroxyl groups excluding tert-OH is 2. The highest BCUT2D eigenvalue weighted by molar-refractivity contribution is 6.25. The lowest BCUT2D eigenvalue weighted by Gasteiger charge is -2.53. The molecule has 6 atom stereocenters. The van der Waals surface area contributed by atoms with Crippen LogP contribution in [0.5, 0.6) is 5.75 Å². The van der Waals surface area contributed by atoms with Gasteiger partial charge < -0.3 is 36.0 Å². The summed E-state index contributed by atoms with van der Waals surface area (Å²) in [5.74, 6) is -7.47. The first kappa shape index (κ1) is 28.8. The Hall–Kier alpha value is -3.25. The molecule has 1 aromatic rings. The molecule has 0 heterocycles. The number of Topliss-reactive ketones (excluding diaryl/α,β-unsaturated/α-hetero) is 2. The number of hydrogen-bond donors (Lipinski definition) is 5. The lowest BCUT2D eigenvalue weighted by atomic mass is 9.54. The van der Waals surface area contributed by atoms with Crippen molar-refractivity contribution in [3.05, 3.63) is 41.0 Å². The number of carbonyl (C=O) groups is 3. The van der Waals surface area contributed by atoms with Gasteiger partial charge in [0.05, 0.1) is 11.7 Å². The molecule has 1 aromatic carbocycles. The van der Waals surface area contributed by atoms with E-state index in [2.05, 4.69) is 6.58 Å². The van der Waals surface area contributed by atoms with Crippen LogP contribution in [0.3, 0.4) is 0 Å². The fourth-order valence-electron chi connectivity index (χ4n) is 6.80. The predicted molar refractivity (Wildman–Crippen MR) is 145 cm³/mol. The third-order valence-corrected chi connectivity index (χ3v) is 8.51. The van der Waals surface area contributed by atoms with Crippen LogP contribution < -0.4 is 10.6 Å². The Kier molecular flexibility index (Phi) is 7.41. The van der Waals surface area contributed by atoms with Crippen LogP contribution in [0.25, 0.3) is 5.76 Å². The zero-order valence-corrected chi connectivity index (χ0v) is 23.0. The van der Waals surface area contributed by atoms with Crippen molar-refractivity contribution in [3.8, 4) is 5.75 Å². The van der Waals surface area contributed by atoms with Gasteiger partial charge in [-0.15, -0.1) is 6.58 Å². The minimum Gasteiger partial charge on any atom is -0.507 e. The van der Waals surface area contributed by atoms with Crippen LogP contribution in [-0.4, -0.2) is 107 Å². The van der Waals surface area contributed by atoms with Gasteiger partial charge in [0, 0.05) is 56.0 Å². The summed E-state index contributed by atoms with van der Waals surface area (Å²) in [5, 5.41) is 45.6. The van der Waals surface area contributed by atoms with Gasteiger partial charge in [-0.05, 0) is 51.5 Å². The number of ketones is 2. The van der Waals surface area contributed by atoms with Crippen LogP contribution in [-0.2, 0) is 27.3 Å². The minimum atomic E-state index is -2.67. The summed E-state index contributed by atoms with van der Waals surface area (Å²) in [5.41, 5.74) is 4.59. The van der Waals surface area contributed by atoms with E-state index in [1.165, 1.54) is 0 Å². The van der Waals surface area contributed by atoms with Gasteiger partial charge in [0.2, 0.25) is 11.7 Å². The molecular weight excluding hydrogens is 504 g/mol. The van der Waals surface area contributed by atoms with Gasteiger partial charge in [0.25, 0.3) is 0 Å². The highest BCUT2D eigenvalue weighted by Crippen LogP contribution is 2.53. The molecule has 2 fully saturated rings. The van der Waals surface area contributed by atoms with E-state index in [4.69, 9.17) is 5.73 Å². The topological polar surface area (TPSA) is 168 Å². The minimum absolute atomic E-state index is 0.0790. The van der Waals surface area contributed by atoms with Crippen molar-refractivity contribution in [1.29, 1.82) is 0 Å². The average Bonchev–Trinajstić information content (AvgIpc) is 2.82. The molecule has 6 N–H and O–H groups in total. The first-order valence-corrected chi connectivity index (χ1v) is 12.9. The van der Waals surface area contributed by atoms with Crippen molar-refractivity contribution >= 4 is 28.9 Å². The Bertz CT molecular complexity index is 1270. The fourth-order valence-corrected chi connectivity index (χ4v) is 6.80. The molecule has 4 unspecified atom stereocenters. The number of rotatable bonds is 7. The summed E-state index contributed by atoms with van der Waals surface area (Å²) in [6.07, 6.45) is 0.536. The number of nitrogens with two attached hydrogens (primary N) is 1. The molecule has 0 aromatic heterocycles. The number of anilines is 1. The Morgan fingerprint density at radius 1 is 1.21 bits per heavy atom. The number of phenolic OH excluding ortho intramolecular Hbond substituents is 1. The third kappa shape index (κ3) is 4.24. The Morgan fingerprint density at radius 3 is 2.38 bits per heavy atom. The molecule has 1 amide bonds. The number of nitrogens with zero attached hydrogens (tertiary/aromatic N) is 3. The molecule has 3 aliphatic rings. The highest BCUT2D eigenvalue weighted by Gasteiger charge is 2.67. The summed E-state index contributed by atoms with van der Waals surface area (Å²) in [7, 11) is 8.78.